The lowest BCUT2D eigenvalue weighted by Crippen LogP contribution is -2.43. The van der Waals surface area contributed by atoms with Gasteiger partial charge in [-0.25, -0.2) is 9.97 Å². The molecule has 1 aromatic carbocycles. The van der Waals surface area contributed by atoms with Gasteiger partial charge in [-0.1, -0.05) is 11.6 Å². The Labute approximate surface area is 151 Å². The average Bonchev–Trinajstić information content (AvgIpc) is 2.93. The molecule has 3 heterocycles. The van der Waals surface area contributed by atoms with Crippen LogP contribution >= 0.6 is 11.6 Å². The number of hydrogen-bond donors (Lipinski definition) is 1. The van der Waals surface area contributed by atoms with Crippen molar-refractivity contribution in [2.45, 2.75) is 25.8 Å². The van der Waals surface area contributed by atoms with Gasteiger partial charge in [-0.15, -0.1) is 0 Å². The Morgan fingerprint density at radius 2 is 2.12 bits per heavy atom. The molecule has 0 amide bonds. The lowest BCUT2D eigenvalue weighted by Gasteiger charge is -2.34. The quantitative estimate of drug-likeness (QED) is 0.779. The van der Waals surface area contributed by atoms with Crippen molar-refractivity contribution in [2.75, 3.05) is 23.3 Å². The van der Waals surface area contributed by atoms with Crippen LogP contribution in [-0.2, 0) is 7.05 Å². The van der Waals surface area contributed by atoms with Crippen LogP contribution in [0.3, 0.4) is 0 Å². The van der Waals surface area contributed by atoms with E-state index in [0.717, 1.165) is 48.3 Å². The molecule has 1 aliphatic heterocycles. The SMILES string of the molecule is Cc1cc(N2CCC[C@H](Nc3ncnc4cc(Cl)ccc34)C2)n(C)n1. The Kier molecular flexibility index (Phi) is 4.21. The molecule has 3 aromatic rings. The van der Waals surface area contributed by atoms with E-state index in [1.807, 2.05) is 36.9 Å². The number of hydrogen-bond acceptors (Lipinski definition) is 5. The fraction of sp³-hybridized carbons (Fsp3) is 0.389. The van der Waals surface area contributed by atoms with E-state index in [-0.39, 0.29) is 0 Å². The molecule has 0 aliphatic carbocycles. The van der Waals surface area contributed by atoms with Gasteiger partial charge >= 0.3 is 0 Å². The number of nitrogens with one attached hydrogen (secondary N) is 1. The molecule has 25 heavy (non-hydrogen) atoms. The fourth-order valence-corrected chi connectivity index (χ4v) is 3.70. The standard InChI is InChI=1S/C18H21ClN6/c1-12-8-17(24(2)23-12)25-7-3-4-14(10-25)22-18-15-6-5-13(19)9-16(15)20-11-21-18/h5-6,8-9,11,14H,3-4,7,10H2,1-2H3,(H,20,21,22)/t14-/m0/s1. The van der Waals surface area contributed by atoms with E-state index in [0.29, 0.717) is 11.1 Å². The van der Waals surface area contributed by atoms with Gasteiger partial charge in [0.25, 0.3) is 0 Å². The van der Waals surface area contributed by atoms with Crippen LogP contribution in [0.25, 0.3) is 10.9 Å². The van der Waals surface area contributed by atoms with E-state index < -0.39 is 0 Å². The van der Waals surface area contributed by atoms with Crippen molar-refractivity contribution >= 4 is 34.1 Å². The number of benzene rings is 1. The summed E-state index contributed by atoms with van der Waals surface area (Å²) in [5, 5.41) is 9.76. The highest BCUT2D eigenvalue weighted by molar-refractivity contribution is 6.31. The molecule has 1 N–H and O–H groups in total. The van der Waals surface area contributed by atoms with Crippen LogP contribution in [0.4, 0.5) is 11.6 Å². The first-order chi connectivity index (χ1) is 12.1. The molecule has 1 fully saturated rings. The van der Waals surface area contributed by atoms with Crippen LogP contribution in [0.15, 0.2) is 30.6 Å². The van der Waals surface area contributed by atoms with Gasteiger partial charge in [0.2, 0.25) is 0 Å². The van der Waals surface area contributed by atoms with Crippen LogP contribution in [-0.4, -0.2) is 38.9 Å². The number of piperidine rings is 1. The topological polar surface area (TPSA) is 58.9 Å². The van der Waals surface area contributed by atoms with Crippen molar-refractivity contribution in [1.82, 2.24) is 19.7 Å². The third-order valence-corrected chi connectivity index (χ3v) is 4.90. The molecule has 130 valence electrons. The van der Waals surface area contributed by atoms with E-state index in [4.69, 9.17) is 11.6 Å². The Balaban J connectivity index is 1.56. The molecular weight excluding hydrogens is 336 g/mol. The number of anilines is 2. The molecule has 1 saturated heterocycles. The summed E-state index contributed by atoms with van der Waals surface area (Å²) >= 11 is 6.07. The molecule has 1 atom stereocenters. The Morgan fingerprint density at radius 3 is 2.92 bits per heavy atom. The van der Waals surface area contributed by atoms with Gasteiger partial charge in [-0.05, 0) is 38.0 Å². The van der Waals surface area contributed by atoms with E-state index in [1.165, 1.54) is 5.82 Å². The lowest BCUT2D eigenvalue weighted by molar-refractivity contribution is 0.518. The minimum absolute atomic E-state index is 0.331. The van der Waals surface area contributed by atoms with Gasteiger partial charge in [0, 0.05) is 42.7 Å². The Hall–Kier alpha value is -2.34. The highest BCUT2D eigenvalue weighted by Gasteiger charge is 2.23. The van der Waals surface area contributed by atoms with Gasteiger partial charge in [0.05, 0.1) is 11.2 Å². The molecular formula is C18H21ClN6. The minimum Gasteiger partial charge on any atom is -0.365 e. The number of nitrogens with zero attached hydrogens (tertiary/aromatic N) is 5. The zero-order valence-corrected chi connectivity index (χ0v) is 15.2. The molecule has 0 unspecified atom stereocenters. The smallest absolute Gasteiger partial charge is 0.137 e. The first-order valence-corrected chi connectivity index (χ1v) is 8.90. The van der Waals surface area contributed by atoms with Crippen LogP contribution in [0.5, 0.6) is 0 Å². The largest absolute Gasteiger partial charge is 0.365 e. The summed E-state index contributed by atoms with van der Waals surface area (Å²) in [6.07, 6.45) is 3.84. The third kappa shape index (κ3) is 3.26. The van der Waals surface area contributed by atoms with Crippen molar-refractivity contribution in [3.05, 3.63) is 41.3 Å². The Morgan fingerprint density at radius 1 is 1.24 bits per heavy atom. The van der Waals surface area contributed by atoms with Crippen LogP contribution in [0.2, 0.25) is 5.02 Å². The number of halogens is 1. The normalized spacial score (nSPS) is 17.9. The van der Waals surface area contributed by atoms with Crippen molar-refractivity contribution < 1.29 is 0 Å². The van der Waals surface area contributed by atoms with Gasteiger partial charge in [-0.2, -0.15) is 5.10 Å². The van der Waals surface area contributed by atoms with Crippen molar-refractivity contribution in [1.29, 1.82) is 0 Å². The molecule has 1 aliphatic rings. The summed E-state index contributed by atoms with van der Waals surface area (Å²) in [5.41, 5.74) is 1.91. The van der Waals surface area contributed by atoms with Crippen LogP contribution in [0, 0.1) is 6.92 Å². The van der Waals surface area contributed by atoms with E-state index in [1.54, 1.807) is 6.33 Å². The van der Waals surface area contributed by atoms with Gasteiger partial charge in [0.1, 0.15) is 18.0 Å². The second-order valence-electron chi connectivity index (χ2n) is 6.58. The average molecular weight is 357 g/mol. The minimum atomic E-state index is 0.331. The number of aryl methyl sites for hydroxylation is 2. The first kappa shape index (κ1) is 16.1. The second-order valence-corrected chi connectivity index (χ2v) is 7.02. The third-order valence-electron chi connectivity index (χ3n) is 4.66. The highest BCUT2D eigenvalue weighted by Crippen LogP contribution is 2.26. The fourth-order valence-electron chi connectivity index (χ4n) is 3.53. The molecule has 0 bridgehead atoms. The van der Waals surface area contributed by atoms with Crippen LogP contribution < -0.4 is 10.2 Å². The van der Waals surface area contributed by atoms with Gasteiger partial charge in [0.15, 0.2) is 0 Å². The van der Waals surface area contributed by atoms with E-state index in [9.17, 15) is 0 Å². The zero-order chi connectivity index (χ0) is 17.4. The van der Waals surface area contributed by atoms with Crippen molar-refractivity contribution in [2.24, 2.45) is 7.05 Å². The molecule has 4 rings (SSSR count). The van der Waals surface area contributed by atoms with Crippen molar-refractivity contribution in [3.63, 3.8) is 0 Å². The highest BCUT2D eigenvalue weighted by atomic mass is 35.5. The summed E-state index contributed by atoms with van der Waals surface area (Å²) in [5.74, 6) is 2.04. The predicted molar refractivity (Wildman–Crippen MR) is 101 cm³/mol. The van der Waals surface area contributed by atoms with E-state index in [2.05, 4.69) is 31.3 Å². The summed E-state index contributed by atoms with van der Waals surface area (Å²) in [6, 6.07) is 8.20. The molecule has 6 nitrogen and oxygen atoms in total. The summed E-state index contributed by atoms with van der Waals surface area (Å²) in [6.45, 7) is 4.01. The molecule has 0 radical (unpaired) electrons. The van der Waals surface area contributed by atoms with Gasteiger partial charge in [-0.3, -0.25) is 4.68 Å². The molecule has 0 saturated carbocycles. The van der Waals surface area contributed by atoms with Crippen LogP contribution in [0.1, 0.15) is 18.5 Å². The Bertz CT molecular complexity index is 906. The monoisotopic (exact) mass is 356 g/mol. The summed E-state index contributed by atoms with van der Waals surface area (Å²) < 4.78 is 1.96. The molecule has 0 spiro atoms. The number of aromatic nitrogens is 4. The lowest BCUT2D eigenvalue weighted by atomic mass is 10.1. The molecule has 2 aromatic heterocycles. The molecule has 7 heteroatoms. The second kappa shape index (κ2) is 6.52. The summed E-state index contributed by atoms with van der Waals surface area (Å²) in [7, 11) is 2.00. The summed E-state index contributed by atoms with van der Waals surface area (Å²) in [4.78, 5) is 11.2. The van der Waals surface area contributed by atoms with Crippen molar-refractivity contribution in [3.8, 4) is 0 Å². The maximum Gasteiger partial charge on any atom is 0.137 e. The number of fused-ring (bicyclic) bond motifs is 1. The van der Waals surface area contributed by atoms with E-state index >= 15 is 0 Å². The first-order valence-electron chi connectivity index (χ1n) is 8.52. The maximum atomic E-state index is 6.07. The van der Waals surface area contributed by atoms with Gasteiger partial charge < -0.3 is 10.2 Å². The zero-order valence-electron chi connectivity index (χ0n) is 14.4. The predicted octanol–water partition coefficient (Wildman–Crippen LogP) is 3.41. The maximum absolute atomic E-state index is 6.07. The number of rotatable bonds is 3.